The molecule has 4 heteroatoms. The van der Waals surface area contributed by atoms with Crippen LogP contribution in [0.25, 0.3) is 5.57 Å². The molecule has 0 aliphatic heterocycles. The smallest absolute Gasteiger partial charge is 0.0604 e. The number of halogens is 1. The Kier molecular flexibility index (Phi) is 4.45. The second-order valence-electron chi connectivity index (χ2n) is 6.83. The molecule has 1 aliphatic rings. The molecule has 0 bridgehead atoms. The average Bonchev–Trinajstić information content (AvgIpc) is 2.98. The zero-order chi connectivity index (χ0) is 16.9. The lowest BCUT2D eigenvalue weighted by Gasteiger charge is -2.41. The van der Waals surface area contributed by atoms with Crippen LogP contribution in [0, 0.1) is 13.8 Å². The van der Waals surface area contributed by atoms with E-state index >= 15 is 0 Å². The predicted molar refractivity (Wildman–Crippen MR) is 112 cm³/mol. The zero-order valence-corrected chi connectivity index (χ0v) is 17.8. The number of hydrogen-bond acceptors (Lipinski definition) is 2. The van der Waals surface area contributed by atoms with Crippen molar-refractivity contribution >= 4 is 48.7 Å². The van der Waals surface area contributed by atoms with Gasteiger partial charge in [-0.1, -0.05) is 11.6 Å². The first-order valence-electron chi connectivity index (χ1n) is 7.74. The molecular weight excluding hydrogens is 386 g/mol. The number of nitrogens with one attached hydrogen (secondary N) is 1. The fourth-order valence-electron chi connectivity index (χ4n) is 3.52. The van der Waals surface area contributed by atoms with Crippen LogP contribution in [-0.4, -0.2) is 12.5 Å². The predicted octanol–water partition coefficient (Wildman–Crippen LogP) is 7.07. The number of benzene rings is 1. The number of fused-ring (bicyclic) bond motifs is 1. The average molecular weight is 410 g/mol. The molecule has 1 aliphatic carbocycles. The minimum Gasteiger partial charge on any atom is -0.346 e. The van der Waals surface area contributed by atoms with Gasteiger partial charge in [-0.2, -0.15) is 10.2 Å². The maximum atomic E-state index is 3.91. The van der Waals surface area contributed by atoms with E-state index in [9.17, 15) is 0 Å². The van der Waals surface area contributed by atoms with E-state index in [0.717, 1.165) is 0 Å². The molecule has 1 heterocycles. The molecular formula is C19H24BrNS2. The van der Waals surface area contributed by atoms with Crippen LogP contribution < -0.4 is 4.72 Å². The quantitative estimate of drug-likeness (QED) is 0.571. The summed E-state index contributed by atoms with van der Waals surface area (Å²) in [6.07, 6.45) is 4.80. The van der Waals surface area contributed by atoms with Crippen molar-refractivity contribution in [3.63, 3.8) is 0 Å². The molecule has 1 nitrogen and oxygen atoms in total. The molecule has 23 heavy (non-hydrogen) atoms. The van der Waals surface area contributed by atoms with Crippen molar-refractivity contribution in [2.24, 2.45) is 0 Å². The maximum Gasteiger partial charge on any atom is 0.0604 e. The van der Waals surface area contributed by atoms with Crippen molar-refractivity contribution in [3.05, 3.63) is 55.2 Å². The fourth-order valence-corrected chi connectivity index (χ4v) is 8.95. The molecule has 0 radical (unpaired) electrons. The van der Waals surface area contributed by atoms with Crippen LogP contribution in [-0.2, 0) is 0 Å². The lowest BCUT2D eigenvalue weighted by atomic mass is 10.1. The van der Waals surface area contributed by atoms with E-state index in [1.165, 1.54) is 42.9 Å². The summed E-state index contributed by atoms with van der Waals surface area (Å²) in [5.41, 5.74) is 8.29. The highest BCUT2D eigenvalue weighted by molar-refractivity contribution is 9.10. The summed E-state index contributed by atoms with van der Waals surface area (Å²) in [5, 5.41) is 2.74. The van der Waals surface area contributed by atoms with Gasteiger partial charge in [-0.15, -0.1) is 11.3 Å². The lowest BCUT2D eigenvalue weighted by molar-refractivity contribution is 1.17. The van der Waals surface area contributed by atoms with Crippen molar-refractivity contribution in [1.82, 2.24) is 0 Å². The molecule has 1 unspecified atom stereocenters. The van der Waals surface area contributed by atoms with Gasteiger partial charge in [0.05, 0.1) is 10.9 Å². The second-order valence-corrected chi connectivity index (χ2v) is 12.1. The van der Waals surface area contributed by atoms with Gasteiger partial charge in [0.15, 0.2) is 0 Å². The third kappa shape index (κ3) is 2.90. The Morgan fingerprint density at radius 1 is 1.13 bits per heavy atom. The van der Waals surface area contributed by atoms with Gasteiger partial charge in [0, 0.05) is 9.35 Å². The van der Waals surface area contributed by atoms with Crippen LogP contribution in [0.5, 0.6) is 0 Å². The largest absolute Gasteiger partial charge is 0.346 e. The Bertz CT molecular complexity index is 778. The van der Waals surface area contributed by atoms with E-state index in [4.69, 9.17) is 0 Å². The maximum absolute atomic E-state index is 3.91. The van der Waals surface area contributed by atoms with E-state index in [-0.39, 0.29) is 0 Å². The van der Waals surface area contributed by atoms with Crippen LogP contribution in [0.1, 0.15) is 40.7 Å². The topological polar surface area (TPSA) is 12.0 Å². The number of aryl methyl sites for hydroxylation is 2. The highest BCUT2D eigenvalue weighted by Crippen LogP contribution is 2.64. The van der Waals surface area contributed by atoms with Crippen molar-refractivity contribution in [1.29, 1.82) is 0 Å². The van der Waals surface area contributed by atoms with E-state index < -0.39 is 10.2 Å². The summed E-state index contributed by atoms with van der Waals surface area (Å²) in [7, 11) is -1.06. The van der Waals surface area contributed by atoms with Gasteiger partial charge >= 0.3 is 0 Å². The summed E-state index contributed by atoms with van der Waals surface area (Å²) >= 11 is 5.66. The standard InChI is InChI=1S/C19H24BrNS2/c1-11-9-12(2)17(16(20)10-11)21-23(5,6)19-14(4)13(3)15-7-8-22-18(15)19/h7-10,19,21H,1-6H3. The van der Waals surface area contributed by atoms with E-state index in [1.807, 2.05) is 11.3 Å². The molecule has 3 rings (SSSR count). The van der Waals surface area contributed by atoms with Gasteiger partial charge in [-0.05, 0) is 95.9 Å². The van der Waals surface area contributed by atoms with Crippen molar-refractivity contribution in [3.8, 4) is 0 Å². The molecule has 0 amide bonds. The molecule has 1 aromatic heterocycles. The third-order valence-corrected chi connectivity index (χ3v) is 8.96. The van der Waals surface area contributed by atoms with E-state index in [0.29, 0.717) is 5.25 Å². The normalized spacial score (nSPS) is 18.3. The molecule has 124 valence electrons. The minimum absolute atomic E-state index is 0.505. The highest BCUT2D eigenvalue weighted by Gasteiger charge is 2.36. The molecule has 1 aromatic carbocycles. The summed E-state index contributed by atoms with van der Waals surface area (Å²) < 4.78 is 5.08. The van der Waals surface area contributed by atoms with Crippen molar-refractivity contribution in [2.45, 2.75) is 32.9 Å². The number of thiophene rings is 1. The van der Waals surface area contributed by atoms with E-state index in [2.05, 4.69) is 84.4 Å². The monoisotopic (exact) mass is 409 g/mol. The third-order valence-electron chi connectivity index (χ3n) is 4.71. The van der Waals surface area contributed by atoms with E-state index in [1.54, 1.807) is 0 Å². The molecule has 1 N–H and O–H groups in total. The zero-order valence-electron chi connectivity index (χ0n) is 14.6. The van der Waals surface area contributed by atoms with Crippen LogP contribution in [0.3, 0.4) is 0 Å². The number of rotatable bonds is 3. The van der Waals surface area contributed by atoms with Gasteiger partial charge in [0.25, 0.3) is 0 Å². The highest BCUT2D eigenvalue weighted by atomic mass is 79.9. The van der Waals surface area contributed by atoms with Crippen molar-refractivity contribution in [2.75, 3.05) is 17.2 Å². The number of allylic oxidation sites excluding steroid dienone is 1. The SMILES string of the molecule is CC1=C(C)C(S(C)(C)Nc2c(C)cc(C)cc2Br)c2sccc21. The lowest BCUT2D eigenvalue weighted by Crippen LogP contribution is -2.16. The van der Waals surface area contributed by atoms with Gasteiger partial charge in [-0.3, -0.25) is 0 Å². The molecule has 0 saturated heterocycles. The Morgan fingerprint density at radius 2 is 1.83 bits per heavy atom. The molecule has 2 aromatic rings. The second kappa shape index (κ2) is 5.98. The summed E-state index contributed by atoms with van der Waals surface area (Å²) in [5.74, 6) is 0. The number of hydrogen-bond donors (Lipinski definition) is 1. The molecule has 0 spiro atoms. The summed E-state index contributed by atoms with van der Waals surface area (Å²) in [4.78, 5) is 1.54. The summed E-state index contributed by atoms with van der Waals surface area (Å²) in [6, 6.07) is 6.73. The molecule has 0 fully saturated rings. The van der Waals surface area contributed by atoms with Gasteiger partial charge in [0.2, 0.25) is 0 Å². The van der Waals surface area contributed by atoms with Crippen molar-refractivity contribution < 1.29 is 0 Å². The van der Waals surface area contributed by atoms with Crippen LogP contribution in [0.15, 0.2) is 33.6 Å². The Hall–Kier alpha value is -0.710. The van der Waals surface area contributed by atoms with Crippen LogP contribution in [0.4, 0.5) is 5.69 Å². The Labute approximate surface area is 153 Å². The molecule has 0 saturated carbocycles. The minimum atomic E-state index is -1.06. The van der Waals surface area contributed by atoms with Gasteiger partial charge in [0.1, 0.15) is 0 Å². The van der Waals surface area contributed by atoms with Gasteiger partial charge in [-0.25, -0.2) is 0 Å². The first kappa shape index (κ1) is 17.1. The fraction of sp³-hybridized carbons (Fsp3) is 0.368. The first-order valence-corrected chi connectivity index (χ1v) is 11.9. The Balaban J connectivity index is 2.01. The van der Waals surface area contributed by atoms with Gasteiger partial charge < -0.3 is 4.72 Å². The Morgan fingerprint density at radius 3 is 2.48 bits per heavy atom. The molecule has 1 atom stereocenters. The summed E-state index contributed by atoms with van der Waals surface area (Å²) in [6.45, 7) is 8.91. The van der Waals surface area contributed by atoms with Crippen LogP contribution >= 0.6 is 37.5 Å². The first-order chi connectivity index (χ1) is 10.7. The number of anilines is 1. The van der Waals surface area contributed by atoms with Crippen LogP contribution in [0.2, 0.25) is 0 Å².